The molecule has 3 rings (SSSR count). The average Bonchev–Trinajstić information content (AvgIpc) is 3.15. The molecule has 1 heterocycles. The first-order valence-electron chi connectivity index (χ1n) is 9.15. The van der Waals surface area contributed by atoms with Crippen molar-refractivity contribution in [2.24, 2.45) is 0 Å². The van der Waals surface area contributed by atoms with Gasteiger partial charge < -0.3 is 0 Å². The molecule has 0 bridgehead atoms. The molecule has 1 atom stereocenters. The van der Waals surface area contributed by atoms with Gasteiger partial charge in [0, 0.05) is 10.6 Å². The third kappa shape index (κ3) is 5.16. The summed E-state index contributed by atoms with van der Waals surface area (Å²) in [6.45, 7) is 3.74. The lowest BCUT2D eigenvalue weighted by atomic mass is 10.2. The van der Waals surface area contributed by atoms with E-state index in [1.807, 2.05) is 31.2 Å². The van der Waals surface area contributed by atoms with Crippen molar-refractivity contribution in [3.8, 4) is 10.6 Å². The van der Waals surface area contributed by atoms with Crippen molar-refractivity contribution >= 4 is 49.7 Å². The van der Waals surface area contributed by atoms with E-state index in [0.717, 1.165) is 21.7 Å². The summed E-state index contributed by atoms with van der Waals surface area (Å²) < 4.78 is 26.1. The van der Waals surface area contributed by atoms with Crippen LogP contribution in [0.3, 0.4) is 0 Å². The van der Waals surface area contributed by atoms with Crippen molar-refractivity contribution in [2.75, 3.05) is 15.9 Å². The summed E-state index contributed by atoms with van der Waals surface area (Å²) in [6.07, 6.45) is 1.34. The van der Waals surface area contributed by atoms with Crippen LogP contribution in [0.5, 0.6) is 0 Å². The van der Waals surface area contributed by atoms with Gasteiger partial charge in [0.2, 0.25) is 21.1 Å². The van der Waals surface area contributed by atoms with Crippen LogP contribution in [0.1, 0.15) is 18.9 Å². The highest BCUT2D eigenvalue weighted by Crippen LogP contribution is 2.28. The molecule has 2 aromatic carbocycles. The van der Waals surface area contributed by atoms with Gasteiger partial charge in [-0.3, -0.25) is 14.4 Å². The van der Waals surface area contributed by atoms with Crippen LogP contribution in [-0.4, -0.2) is 36.8 Å². The minimum Gasteiger partial charge on any atom is -0.299 e. The molecule has 0 aliphatic heterocycles. The van der Waals surface area contributed by atoms with Gasteiger partial charge in [0.1, 0.15) is 11.0 Å². The van der Waals surface area contributed by atoms with Crippen LogP contribution in [0.25, 0.3) is 10.6 Å². The number of sulfonamides is 1. The molecular weight excluding hydrogens is 444 g/mol. The number of anilines is 2. The number of nitrogens with one attached hydrogen (secondary N) is 1. The van der Waals surface area contributed by atoms with Gasteiger partial charge in [0.25, 0.3) is 0 Å². The van der Waals surface area contributed by atoms with Crippen molar-refractivity contribution in [3.63, 3.8) is 0 Å². The lowest BCUT2D eigenvalue weighted by molar-refractivity contribution is -0.117. The zero-order valence-electron chi connectivity index (χ0n) is 16.7. The Balaban J connectivity index is 1.84. The van der Waals surface area contributed by atoms with Crippen LogP contribution in [-0.2, 0) is 14.8 Å². The maximum Gasteiger partial charge on any atom is 0.250 e. The zero-order valence-corrected chi connectivity index (χ0v) is 19.1. The molecule has 1 amide bonds. The second-order valence-corrected chi connectivity index (χ2v) is 10.0. The van der Waals surface area contributed by atoms with Crippen molar-refractivity contribution in [3.05, 3.63) is 59.1 Å². The first-order valence-corrected chi connectivity index (χ1v) is 12.2. The predicted molar refractivity (Wildman–Crippen MR) is 122 cm³/mol. The third-order valence-electron chi connectivity index (χ3n) is 4.36. The van der Waals surface area contributed by atoms with Gasteiger partial charge in [0.15, 0.2) is 0 Å². The minimum atomic E-state index is -3.72. The van der Waals surface area contributed by atoms with Crippen LogP contribution in [0, 0.1) is 6.92 Å². The number of carbonyl (C=O) groups excluding carboxylic acids is 1. The molecule has 0 unspecified atom stereocenters. The molecule has 10 heteroatoms. The number of benzene rings is 2. The van der Waals surface area contributed by atoms with Crippen LogP contribution < -0.4 is 9.62 Å². The van der Waals surface area contributed by atoms with Gasteiger partial charge in [-0.2, -0.15) is 0 Å². The number of halogens is 1. The number of aryl methyl sites for hydroxylation is 1. The van der Waals surface area contributed by atoms with Gasteiger partial charge in [-0.1, -0.05) is 59.7 Å². The highest BCUT2D eigenvalue weighted by molar-refractivity contribution is 7.92. The Morgan fingerprint density at radius 2 is 1.77 bits per heavy atom. The highest BCUT2D eigenvalue weighted by Gasteiger charge is 2.32. The van der Waals surface area contributed by atoms with Crippen molar-refractivity contribution in [1.29, 1.82) is 0 Å². The van der Waals surface area contributed by atoms with E-state index in [2.05, 4.69) is 15.5 Å². The van der Waals surface area contributed by atoms with Gasteiger partial charge >= 0.3 is 0 Å². The first kappa shape index (κ1) is 22.2. The van der Waals surface area contributed by atoms with E-state index < -0.39 is 22.0 Å². The molecular formula is C20H21ClN4O3S2. The fourth-order valence-electron chi connectivity index (χ4n) is 2.92. The van der Waals surface area contributed by atoms with E-state index in [9.17, 15) is 13.2 Å². The number of carbonyl (C=O) groups is 1. The van der Waals surface area contributed by atoms with Crippen LogP contribution in [0.2, 0.25) is 5.02 Å². The van der Waals surface area contributed by atoms with E-state index in [4.69, 9.17) is 11.6 Å². The van der Waals surface area contributed by atoms with E-state index in [-0.39, 0.29) is 6.42 Å². The van der Waals surface area contributed by atoms with Gasteiger partial charge in [-0.15, -0.1) is 10.2 Å². The Morgan fingerprint density at radius 3 is 2.33 bits per heavy atom. The monoisotopic (exact) mass is 464 g/mol. The number of hydrogen-bond acceptors (Lipinski definition) is 6. The molecule has 1 aromatic heterocycles. The van der Waals surface area contributed by atoms with Crippen molar-refractivity contribution in [2.45, 2.75) is 26.3 Å². The SMILES string of the molecule is CC[C@@H](C(=O)Nc1nnc(-c2ccc(C)cc2)s1)N(c1ccc(Cl)cc1)S(C)(=O)=O. The second-order valence-electron chi connectivity index (χ2n) is 6.73. The molecule has 0 saturated heterocycles. The molecule has 0 spiro atoms. The van der Waals surface area contributed by atoms with Gasteiger partial charge in [0.05, 0.1) is 11.9 Å². The summed E-state index contributed by atoms with van der Waals surface area (Å²) in [4.78, 5) is 13.0. The molecule has 0 saturated carbocycles. The molecule has 0 fully saturated rings. The number of hydrogen-bond donors (Lipinski definition) is 1. The molecule has 158 valence electrons. The summed E-state index contributed by atoms with van der Waals surface area (Å²) in [5, 5.41) is 12.3. The number of nitrogens with zero attached hydrogens (tertiary/aromatic N) is 3. The maximum absolute atomic E-state index is 13.0. The van der Waals surface area contributed by atoms with E-state index in [1.165, 1.54) is 11.3 Å². The van der Waals surface area contributed by atoms with E-state index in [0.29, 0.717) is 20.8 Å². The van der Waals surface area contributed by atoms with Crippen LogP contribution >= 0.6 is 22.9 Å². The van der Waals surface area contributed by atoms with Gasteiger partial charge in [-0.05, 0) is 37.6 Å². The Labute approximate surface area is 184 Å². The Hall–Kier alpha value is -2.49. The minimum absolute atomic E-state index is 0.269. The Bertz CT molecular complexity index is 1130. The largest absolute Gasteiger partial charge is 0.299 e. The highest BCUT2D eigenvalue weighted by atomic mass is 35.5. The summed E-state index contributed by atoms with van der Waals surface area (Å²) in [5.41, 5.74) is 2.39. The molecule has 3 aromatic rings. The smallest absolute Gasteiger partial charge is 0.250 e. The zero-order chi connectivity index (χ0) is 21.9. The number of aromatic nitrogens is 2. The second kappa shape index (κ2) is 9.11. The quantitative estimate of drug-likeness (QED) is 0.561. The number of rotatable bonds is 7. The normalized spacial score (nSPS) is 12.4. The van der Waals surface area contributed by atoms with Crippen LogP contribution in [0.4, 0.5) is 10.8 Å². The first-order chi connectivity index (χ1) is 14.2. The average molecular weight is 465 g/mol. The van der Waals surface area contributed by atoms with E-state index >= 15 is 0 Å². The molecule has 7 nitrogen and oxygen atoms in total. The molecule has 30 heavy (non-hydrogen) atoms. The molecule has 0 aliphatic carbocycles. The summed E-state index contributed by atoms with van der Waals surface area (Å²) >= 11 is 7.14. The standard InChI is InChI=1S/C20H21ClN4O3S2/c1-4-17(25(30(3,27)28)16-11-9-15(21)10-12-16)18(26)22-20-24-23-19(29-20)14-7-5-13(2)6-8-14/h5-12,17H,4H2,1-3H3,(H,22,24,26)/t17-/m0/s1. The Morgan fingerprint density at radius 1 is 1.13 bits per heavy atom. The van der Waals surface area contributed by atoms with Crippen molar-refractivity contribution < 1.29 is 13.2 Å². The molecule has 0 radical (unpaired) electrons. The third-order valence-corrected chi connectivity index (χ3v) is 6.68. The fourth-order valence-corrected chi connectivity index (χ4v) is 5.01. The van der Waals surface area contributed by atoms with Crippen molar-refractivity contribution in [1.82, 2.24) is 10.2 Å². The fraction of sp³-hybridized carbons (Fsp3) is 0.250. The number of amides is 1. The van der Waals surface area contributed by atoms with E-state index in [1.54, 1.807) is 31.2 Å². The lowest BCUT2D eigenvalue weighted by Crippen LogP contribution is -2.46. The lowest BCUT2D eigenvalue weighted by Gasteiger charge is -2.29. The van der Waals surface area contributed by atoms with Gasteiger partial charge in [-0.25, -0.2) is 8.42 Å². The predicted octanol–water partition coefficient (Wildman–Crippen LogP) is 4.35. The summed E-state index contributed by atoms with van der Waals surface area (Å²) in [7, 11) is -3.72. The summed E-state index contributed by atoms with van der Waals surface area (Å²) in [5.74, 6) is -0.482. The summed E-state index contributed by atoms with van der Waals surface area (Å²) in [6, 6.07) is 13.2. The maximum atomic E-state index is 13.0. The topological polar surface area (TPSA) is 92.3 Å². The molecule has 0 aliphatic rings. The van der Waals surface area contributed by atoms with Crippen LogP contribution in [0.15, 0.2) is 48.5 Å². The Kier molecular flexibility index (Phi) is 6.74. The molecule has 1 N–H and O–H groups in total.